The van der Waals surface area contributed by atoms with Gasteiger partial charge in [0.05, 0.1) is 25.4 Å². The smallest absolute Gasteiger partial charge is 0.305 e. The molecule has 0 radical (unpaired) electrons. The van der Waals surface area contributed by atoms with Crippen LogP contribution in [0.4, 0.5) is 0 Å². The number of allylic oxidation sites excluding steroid dienone is 2. The number of hydrogen-bond donors (Lipinski definition) is 3. The van der Waals surface area contributed by atoms with Crippen molar-refractivity contribution in [2.24, 2.45) is 0 Å². The lowest BCUT2D eigenvalue weighted by atomic mass is 10.0. The second kappa shape index (κ2) is 61.1. The van der Waals surface area contributed by atoms with E-state index >= 15 is 0 Å². The summed E-state index contributed by atoms with van der Waals surface area (Å²) >= 11 is 0. The SMILES string of the molecule is CCCCCCCCCCCCCCCCCCCCCC(O)C(CO)NC(=O)CCCCCCCCC/C=C\CCCCCCCCCCCOC(=O)CCCCCCCCCCCCCCCCC. The fourth-order valence-corrected chi connectivity index (χ4v) is 10.3. The van der Waals surface area contributed by atoms with E-state index in [2.05, 4.69) is 31.3 Å². The number of nitrogens with one attached hydrogen (secondary N) is 1. The molecule has 1 amide bonds. The maximum atomic E-state index is 12.5. The predicted molar refractivity (Wildman–Crippen MR) is 310 cm³/mol. The summed E-state index contributed by atoms with van der Waals surface area (Å²) in [4.78, 5) is 24.6. The fraction of sp³-hybridized carbons (Fsp3) is 0.938. The molecule has 3 N–H and O–H groups in total. The molecule has 2 atom stereocenters. The number of aliphatic hydroxyl groups is 2. The summed E-state index contributed by atoms with van der Waals surface area (Å²) in [6.07, 6.45) is 73.7. The van der Waals surface area contributed by atoms with Gasteiger partial charge in [-0.1, -0.05) is 315 Å². The Balaban J connectivity index is 3.42. The number of unbranched alkanes of at least 4 members (excludes halogenated alkanes) is 48. The highest BCUT2D eigenvalue weighted by Gasteiger charge is 2.20. The zero-order valence-electron chi connectivity index (χ0n) is 48.2. The van der Waals surface area contributed by atoms with E-state index in [-0.39, 0.29) is 18.5 Å². The van der Waals surface area contributed by atoms with Crippen LogP contribution in [0.3, 0.4) is 0 Å². The van der Waals surface area contributed by atoms with Gasteiger partial charge in [-0.3, -0.25) is 9.59 Å². The first kappa shape index (κ1) is 69.6. The number of amides is 1. The molecule has 0 aromatic carbocycles. The first-order chi connectivity index (χ1) is 35.0. The lowest BCUT2D eigenvalue weighted by Gasteiger charge is -2.22. The van der Waals surface area contributed by atoms with E-state index in [1.165, 1.54) is 295 Å². The lowest BCUT2D eigenvalue weighted by molar-refractivity contribution is -0.143. The second-order valence-electron chi connectivity index (χ2n) is 22.5. The van der Waals surface area contributed by atoms with Crippen LogP contribution in [-0.2, 0) is 14.3 Å². The summed E-state index contributed by atoms with van der Waals surface area (Å²) in [7, 11) is 0. The highest BCUT2D eigenvalue weighted by molar-refractivity contribution is 5.76. The summed E-state index contributed by atoms with van der Waals surface area (Å²) < 4.78 is 5.49. The van der Waals surface area contributed by atoms with Gasteiger partial charge < -0.3 is 20.3 Å². The normalized spacial score (nSPS) is 12.6. The van der Waals surface area contributed by atoms with Crippen LogP contribution < -0.4 is 5.32 Å². The van der Waals surface area contributed by atoms with Crippen molar-refractivity contribution < 1.29 is 24.5 Å². The van der Waals surface area contributed by atoms with Crippen LogP contribution in [0.15, 0.2) is 12.2 Å². The Hall–Kier alpha value is -1.40. The van der Waals surface area contributed by atoms with Crippen LogP contribution in [-0.4, -0.2) is 47.4 Å². The van der Waals surface area contributed by atoms with Gasteiger partial charge in [0.15, 0.2) is 0 Å². The molecule has 0 heterocycles. The first-order valence-corrected chi connectivity index (χ1v) is 32.4. The van der Waals surface area contributed by atoms with Crippen molar-refractivity contribution in [3.05, 3.63) is 12.2 Å². The molecule has 6 nitrogen and oxygen atoms in total. The molecule has 2 unspecified atom stereocenters. The number of aliphatic hydroxyl groups excluding tert-OH is 2. The average Bonchev–Trinajstić information content (AvgIpc) is 3.37. The van der Waals surface area contributed by atoms with E-state index in [9.17, 15) is 19.8 Å². The fourth-order valence-electron chi connectivity index (χ4n) is 10.3. The standard InChI is InChI=1S/C65H127NO5/c1-3-5-7-9-11-13-15-17-19-20-23-26-30-33-37-41-45-49-53-57-63(68)62(61-67)66-64(69)58-54-50-46-42-38-34-31-27-24-21-22-25-28-32-36-40-44-48-52-56-60-71-65(70)59-55-51-47-43-39-35-29-18-16-14-12-10-8-6-4-2/h21,24,62-63,67-68H,3-20,22-23,25-61H2,1-2H3,(H,66,69)/b24-21-. The third-order valence-electron chi connectivity index (χ3n) is 15.3. The van der Waals surface area contributed by atoms with Crippen molar-refractivity contribution in [1.82, 2.24) is 5.32 Å². The lowest BCUT2D eigenvalue weighted by Crippen LogP contribution is -2.45. The maximum absolute atomic E-state index is 12.5. The van der Waals surface area contributed by atoms with Crippen LogP contribution in [0.2, 0.25) is 0 Å². The Morgan fingerprint density at radius 3 is 1.00 bits per heavy atom. The maximum Gasteiger partial charge on any atom is 0.305 e. The summed E-state index contributed by atoms with van der Waals surface area (Å²) in [5, 5.41) is 23.4. The van der Waals surface area contributed by atoms with Crippen LogP contribution in [0.25, 0.3) is 0 Å². The van der Waals surface area contributed by atoms with Gasteiger partial charge in [-0.15, -0.1) is 0 Å². The van der Waals surface area contributed by atoms with Gasteiger partial charge in [-0.05, 0) is 51.4 Å². The Bertz CT molecular complexity index is 1060. The quantitative estimate of drug-likeness (QED) is 0.0320. The minimum absolute atomic E-state index is 0.0101. The molecule has 0 bridgehead atoms. The van der Waals surface area contributed by atoms with Crippen molar-refractivity contribution in [3.8, 4) is 0 Å². The number of hydrogen-bond acceptors (Lipinski definition) is 5. The van der Waals surface area contributed by atoms with Crippen molar-refractivity contribution in [2.75, 3.05) is 13.2 Å². The highest BCUT2D eigenvalue weighted by atomic mass is 16.5. The molecular formula is C65H127NO5. The van der Waals surface area contributed by atoms with E-state index in [0.29, 0.717) is 25.9 Å². The van der Waals surface area contributed by atoms with E-state index in [1.807, 2.05) is 0 Å². The average molecular weight is 1000 g/mol. The van der Waals surface area contributed by atoms with Gasteiger partial charge in [0.2, 0.25) is 5.91 Å². The molecule has 0 aliphatic carbocycles. The Morgan fingerprint density at radius 2 is 0.662 bits per heavy atom. The minimum atomic E-state index is -0.670. The molecule has 0 aliphatic heterocycles. The third kappa shape index (κ3) is 57.7. The predicted octanol–water partition coefficient (Wildman–Crippen LogP) is 20.4. The molecule has 0 aromatic rings. The summed E-state index contributed by atoms with van der Waals surface area (Å²) in [6.45, 7) is 4.98. The topological polar surface area (TPSA) is 95.9 Å². The van der Waals surface area contributed by atoms with Gasteiger partial charge in [0, 0.05) is 12.8 Å². The van der Waals surface area contributed by atoms with Crippen molar-refractivity contribution in [1.29, 1.82) is 0 Å². The monoisotopic (exact) mass is 1000 g/mol. The van der Waals surface area contributed by atoms with Crippen LogP contribution in [0.1, 0.15) is 367 Å². The van der Waals surface area contributed by atoms with E-state index in [1.54, 1.807) is 0 Å². The molecule has 0 fully saturated rings. The summed E-state index contributed by atoms with van der Waals surface area (Å²) in [5.41, 5.74) is 0. The van der Waals surface area contributed by atoms with Crippen molar-refractivity contribution in [3.63, 3.8) is 0 Å². The molecule has 0 rings (SSSR count). The Kier molecular flexibility index (Phi) is 59.9. The van der Waals surface area contributed by atoms with Crippen LogP contribution in [0.5, 0.6) is 0 Å². The zero-order valence-corrected chi connectivity index (χ0v) is 48.2. The van der Waals surface area contributed by atoms with Crippen molar-refractivity contribution >= 4 is 11.9 Å². The molecule has 0 spiro atoms. The molecule has 422 valence electrons. The molecular weight excluding hydrogens is 875 g/mol. The van der Waals surface area contributed by atoms with Crippen LogP contribution in [0, 0.1) is 0 Å². The molecule has 0 saturated heterocycles. The number of rotatable bonds is 61. The van der Waals surface area contributed by atoms with Gasteiger partial charge >= 0.3 is 5.97 Å². The second-order valence-corrected chi connectivity index (χ2v) is 22.5. The molecule has 0 saturated carbocycles. The molecule has 0 aliphatic rings. The van der Waals surface area contributed by atoms with E-state index < -0.39 is 12.1 Å². The van der Waals surface area contributed by atoms with Crippen LogP contribution >= 0.6 is 0 Å². The molecule has 0 aromatic heterocycles. The number of carbonyl (C=O) groups is 2. The largest absolute Gasteiger partial charge is 0.466 e. The van der Waals surface area contributed by atoms with E-state index in [4.69, 9.17) is 4.74 Å². The number of ether oxygens (including phenoxy) is 1. The number of carbonyl (C=O) groups excluding carboxylic acids is 2. The first-order valence-electron chi connectivity index (χ1n) is 32.4. The van der Waals surface area contributed by atoms with Gasteiger partial charge in [-0.25, -0.2) is 0 Å². The van der Waals surface area contributed by atoms with E-state index in [0.717, 1.165) is 38.5 Å². The van der Waals surface area contributed by atoms with Gasteiger partial charge in [0.1, 0.15) is 0 Å². The highest BCUT2D eigenvalue weighted by Crippen LogP contribution is 2.18. The molecule has 71 heavy (non-hydrogen) atoms. The summed E-state index contributed by atoms with van der Waals surface area (Å²) in [6, 6.07) is -0.548. The van der Waals surface area contributed by atoms with Gasteiger partial charge in [-0.2, -0.15) is 0 Å². The minimum Gasteiger partial charge on any atom is -0.466 e. The van der Waals surface area contributed by atoms with Crippen molar-refractivity contribution in [2.45, 2.75) is 379 Å². The Morgan fingerprint density at radius 1 is 0.380 bits per heavy atom. The third-order valence-corrected chi connectivity index (χ3v) is 15.3. The summed E-state index contributed by atoms with van der Waals surface area (Å²) in [5.74, 6) is -0.0297. The zero-order chi connectivity index (χ0) is 51.4. The Labute approximate surface area is 444 Å². The van der Waals surface area contributed by atoms with Gasteiger partial charge in [0.25, 0.3) is 0 Å². The molecule has 6 heteroatoms. The number of esters is 1.